The van der Waals surface area contributed by atoms with Crippen molar-refractivity contribution in [2.24, 2.45) is 0 Å². The van der Waals surface area contributed by atoms with Gasteiger partial charge in [0.05, 0.1) is 16.7 Å². The molecule has 1 aromatic carbocycles. The number of halogens is 1. The van der Waals surface area contributed by atoms with Crippen LogP contribution in [-0.2, 0) is 0 Å². The largest absolute Gasteiger partial charge is 0.490 e. The molecule has 2 rings (SSSR count). The summed E-state index contributed by atoms with van der Waals surface area (Å²) in [5.41, 5.74) is 0.552. The standard InChI is InChI=1S/C12H13ClN2O/c13-11-6-9(7-14)3-4-12(11)16-8-10-2-1-5-15-10/h3-4,6,10,15H,1-2,5,8H2. The quantitative estimate of drug-likeness (QED) is 0.876. The van der Waals surface area contributed by atoms with Gasteiger partial charge in [0.1, 0.15) is 12.4 Å². The van der Waals surface area contributed by atoms with Gasteiger partial charge in [0.15, 0.2) is 0 Å². The molecule has 3 nitrogen and oxygen atoms in total. The summed E-state index contributed by atoms with van der Waals surface area (Å²) in [7, 11) is 0. The fourth-order valence-electron chi connectivity index (χ4n) is 1.78. The molecule has 1 aromatic rings. The summed E-state index contributed by atoms with van der Waals surface area (Å²) in [5, 5.41) is 12.5. The molecule has 1 aliphatic rings. The third-order valence-electron chi connectivity index (χ3n) is 2.66. The van der Waals surface area contributed by atoms with E-state index < -0.39 is 0 Å². The molecule has 0 amide bonds. The van der Waals surface area contributed by atoms with Crippen molar-refractivity contribution >= 4 is 11.6 Å². The van der Waals surface area contributed by atoms with E-state index in [9.17, 15) is 0 Å². The van der Waals surface area contributed by atoms with Gasteiger partial charge in [0.25, 0.3) is 0 Å². The number of nitrogens with zero attached hydrogens (tertiary/aromatic N) is 1. The summed E-state index contributed by atoms with van der Waals surface area (Å²) in [4.78, 5) is 0. The van der Waals surface area contributed by atoms with Crippen LogP contribution in [0.15, 0.2) is 18.2 Å². The first-order valence-electron chi connectivity index (χ1n) is 5.35. The molecule has 1 N–H and O–H groups in total. The minimum absolute atomic E-state index is 0.423. The molecule has 1 saturated heterocycles. The zero-order valence-electron chi connectivity index (χ0n) is 8.87. The molecule has 1 atom stereocenters. The van der Waals surface area contributed by atoms with Crippen LogP contribution >= 0.6 is 11.6 Å². The number of ether oxygens (including phenoxy) is 1. The minimum atomic E-state index is 0.423. The molecule has 1 aliphatic heterocycles. The normalized spacial score (nSPS) is 19.4. The van der Waals surface area contributed by atoms with E-state index in [1.807, 2.05) is 6.07 Å². The molecule has 0 bridgehead atoms. The van der Waals surface area contributed by atoms with Gasteiger partial charge in [-0.1, -0.05) is 11.6 Å². The van der Waals surface area contributed by atoms with Gasteiger partial charge in [0.2, 0.25) is 0 Å². The number of nitriles is 1. The summed E-state index contributed by atoms with van der Waals surface area (Å²) >= 11 is 6.00. The maximum Gasteiger partial charge on any atom is 0.138 e. The summed E-state index contributed by atoms with van der Waals surface area (Å²) in [6.45, 7) is 1.70. The second-order valence-corrected chi connectivity index (χ2v) is 4.27. The van der Waals surface area contributed by atoms with Crippen molar-refractivity contribution in [3.05, 3.63) is 28.8 Å². The lowest BCUT2D eigenvalue weighted by atomic mass is 10.2. The van der Waals surface area contributed by atoms with Gasteiger partial charge in [-0.25, -0.2) is 0 Å². The molecule has 1 heterocycles. The zero-order chi connectivity index (χ0) is 11.4. The van der Waals surface area contributed by atoms with Crippen molar-refractivity contribution < 1.29 is 4.74 Å². The van der Waals surface area contributed by atoms with Crippen molar-refractivity contribution in [3.63, 3.8) is 0 Å². The Kier molecular flexibility index (Phi) is 3.66. The van der Waals surface area contributed by atoms with Gasteiger partial charge < -0.3 is 10.1 Å². The van der Waals surface area contributed by atoms with Crippen molar-refractivity contribution in [2.75, 3.05) is 13.2 Å². The first-order valence-corrected chi connectivity index (χ1v) is 5.73. The predicted molar refractivity (Wildman–Crippen MR) is 62.7 cm³/mol. The zero-order valence-corrected chi connectivity index (χ0v) is 9.63. The van der Waals surface area contributed by atoms with Gasteiger partial charge in [-0.2, -0.15) is 5.26 Å². The molecule has 0 spiro atoms. The van der Waals surface area contributed by atoms with Crippen LogP contribution in [0.25, 0.3) is 0 Å². The molecule has 4 heteroatoms. The van der Waals surface area contributed by atoms with Crippen molar-refractivity contribution in [1.29, 1.82) is 5.26 Å². The third-order valence-corrected chi connectivity index (χ3v) is 2.96. The molecule has 1 unspecified atom stereocenters. The van der Waals surface area contributed by atoms with Crippen LogP contribution in [0.2, 0.25) is 5.02 Å². The lowest BCUT2D eigenvalue weighted by Gasteiger charge is -2.13. The Morgan fingerprint density at radius 2 is 2.44 bits per heavy atom. The van der Waals surface area contributed by atoms with Crippen LogP contribution in [0.4, 0.5) is 0 Å². The number of benzene rings is 1. The fraction of sp³-hybridized carbons (Fsp3) is 0.417. The number of rotatable bonds is 3. The van der Waals surface area contributed by atoms with Gasteiger partial charge in [-0.15, -0.1) is 0 Å². The van der Waals surface area contributed by atoms with E-state index >= 15 is 0 Å². The van der Waals surface area contributed by atoms with Crippen molar-refractivity contribution in [1.82, 2.24) is 5.32 Å². The van der Waals surface area contributed by atoms with Crippen LogP contribution < -0.4 is 10.1 Å². The van der Waals surface area contributed by atoms with Gasteiger partial charge in [-0.3, -0.25) is 0 Å². The van der Waals surface area contributed by atoms with Crippen LogP contribution in [0.5, 0.6) is 5.75 Å². The SMILES string of the molecule is N#Cc1ccc(OCC2CCCN2)c(Cl)c1. The van der Waals surface area contributed by atoms with Gasteiger partial charge >= 0.3 is 0 Å². The molecular formula is C12H13ClN2O. The monoisotopic (exact) mass is 236 g/mol. The Bertz CT molecular complexity index is 408. The summed E-state index contributed by atoms with van der Waals surface area (Å²) in [5.74, 6) is 0.648. The summed E-state index contributed by atoms with van der Waals surface area (Å²) in [6.07, 6.45) is 2.35. The Morgan fingerprint density at radius 1 is 1.56 bits per heavy atom. The van der Waals surface area contributed by atoms with Gasteiger partial charge in [-0.05, 0) is 37.6 Å². The fourth-order valence-corrected chi connectivity index (χ4v) is 2.01. The molecule has 84 valence electrons. The van der Waals surface area contributed by atoms with Crippen molar-refractivity contribution in [3.8, 4) is 11.8 Å². The molecule has 0 aromatic heterocycles. The predicted octanol–water partition coefficient (Wildman–Crippen LogP) is 2.34. The topological polar surface area (TPSA) is 45.0 Å². The highest BCUT2D eigenvalue weighted by molar-refractivity contribution is 6.32. The molecule has 0 saturated carbocycles. The number of hydrogen-bond acceptors (Lipinski definition) is 3. The smallest absolute Gasteiger partial charge is 0.138 e. The lowest BCUT2D eigenvalue weighted by Crippen LogP contribution is -2.28. The third kappa shape index (κ3) is 2.66. The summed E-state index contributed by atoms with van der Waals surface area (Å²) in [6, 6.07) is 7.54. The van der Waals surface area contributed by atoms with Crippen LogP contribution in [-0.4, -0.2) is 19.2 Å². The van der Waals surface area contributed by atoms with E-state index in [1.54, 1.807) is 18.2 Å². The van der Waals surface area contributed by atoms with Crippen LogP contribution in [0.1, 0.15) is 18.4 Å². The van der Waals surface area contributed by atoms with Crippen LogP contribution in [0.3, 0.4) is 0 Å². The second-order valence-electron chi connectivity index (χ2n) is 3.86. The molecule has 0 radical (unpaired) electrons. The maximum absolute atomic E-state index is 8.70. The highest BCUT2D eigenvalue weighted by Crippen LogP contribution is 2.25. The molecule has 0 aliphatic carbocycles. The number of hydrogen-bond donors (Lipinski definition) is 1. The van der Waals surface area contributed by atoms with E-state index in [-0.39, 0.29) is 0 Å². The highest BCUT2D eigenvalue weighted by Gasteiger charge is 2.15. The second kappa shape index (κ2) is 5.20. The van der Waals surface area contributed by atoms with E-state index in [4.69, 9.17) is 21.6 Å². The Hall–Kier alpha value is -1.24. The van der Waals surface area contributed by atoms with E-state index in [1.165, 1.54) is 6.42 Å². The Morgan fingerprint density at radius 3 is 3.06 bits per heavy atom. The lowest BCUT2D eigenvalue weighted by molar-refractivity contribution is 0.277. The van der Waals surface area contributed by atoms with E-state index in [2.05, 4.69) is 5.32 Å². The number of nitrogens with one attached hydrogen (secondary N) is 1. The maximum atomic E-state index is 8.70. The highest BCUT2D eigenvalue weighted by atomic mass is 35.5. The molecule has 16 heavy (non-hydrogen) atoms. The van der Waals surface area contributed by atoms with Crippen LogP contribution in [0, 0.1) is 11.3 Å². The van der Waals surface area contributed by atoms with E-state index in [0.717, 1.165) is 13.0 Å². The molecule has 1 fully saturated rings. The average molecular weight is 237 g/mol. The Balaban J connectivity index is 1.96. The first kappa shape index (κ1) is 11.3. The minimum Gasteiger partial charge on any atom is -0.490 e. The Labute approximate surface area is 100.0 Å². The van der Waals surface area contributed by atoms with E-state index in [0.29, 0.717) is 29.0 Å². The summed E-state index contributed by atoms with van der Waals surface area (Å²) < 4.78 is 5.62. The first-order chi connectivity index (χ1) is 7.79. The molecular weight excluding hydrogens is 224 g/mol. The van der Waals surface area contributed by atoms with Crippen molar-refractivity contribution in [2.45, 2.75) is 18.9 Å². The van der Waals surface area contributed by atoms with Gasteiger partial charge in [0, 0.05) is 6.04 Å². The average Bonchev–Trinajstić information content (AvgIpc) is 2.80.